The lowest BCUT2D eigenvalue weighted by Crippen LogP contribution is -2.18. The number of ether oxygens (including phenoxy) is 1. The van der Waals surface area contributed by atoms with E-state index in [1.807, 2.05) is 13.0 Å². The van der Waals surface area contributed by atoms with Crippen molar-refractivity contribution >= 4 is 0 Å². The van der Waals surface area contributed by atoms with Gasteiger partial charge < -0.3 is 9.84 Å². The highest BCUT2D eigenvalue weighted by molar-refractivity contribution is 5.70. The van der Waals surface area contributed by atoms with Gasteiger partial charge in [0.1, 0.15) is 11.5 Å². The predicted octanol–water partition coefficient (Wildman–Crippen LogP) is 3.97. The average Bonchev–Trinajstić information content (AvgIpc) is 2.99. The van der Waals surface area contributed by atoms with Gasteiger partial charge in [-0.25, -0.2) is 0 Å². The summed E-state index contributed by atoms with van der Waals surface area (Å²) in [6.07, 6.45) is 2.60. The highest BCUT2D eigenvalue weighted by Gasteiger charge is 2.13. The fraction of sp³-hybridized carbons (Fsp3) is 0.368. The molecule has 0 bridgehead atoms. The minimum atomic E-state index is 0.307. The average molecular weight is 297 g/mol. The van der Waals surface area contributed by atoms with E-state index < -0.39 is 0 Å². The summed E-state index contributed by atoms with van der Waals surface area (Å²) in [5, 5.41) is 9.60. The second kappa shape index (κ2) is 6.41. The first-order valence-corrected chi connectivity index (χ1v) is 7.86. The van der Waals surface area contributed by atoms with Gasteiger partial charge in [-0.2, -0.15) is 0 Å². The number of rotatable bonds is 4. The van der Waals surface area contributed by atoms with E-state index in [-0.39, 0.29) is 0 Å². The van der Waals surface area contributed by atoms with Crippen LogP contribution in [0, 0.1) is 6.92 Å². The van der Waals surface area contributed by atoms with E-state index in [1.54, 1.807) is 19.2 Å². The van der Waals surface area contributed by atoms with Crippen LogP contribution < -0.4 is 4.74 Å². The van der Waals surface area contributed by atoms with Gasteiger partial charge in [-0.15, -0.1) is 0 Å². The summed E-state index contributed by atoms with van der Waals surface area (Å²) in [4.78, 5) is 2.49. The van der Waals surface area contributed by atoms with Crippen molar-refractivity contribution in [1.82, 2.24) is 4.90 Å². The molecule has 0 spiro atoms. The highest BCUT2D eigenvalue weighted by Crippen LogP contribution is 2.31. The van der Waals surface area contributed by atoms with Crippen molar-refractivity contribution in [2.75, 3.05) is 20.2 Å². The number of hydrogen-bond acceptors (Lipinski definition) is 3. The standard InChI is InChI=1S/C19H23NO2/c1-14-9-17(21)5-6-19(14)16-10-15(11-18(12-16)22-2)13-20-7-3-4-8-20/h5-6,9-12,21H,3-4,7-8,13H2,1-2H3. The smallest absolute Gasteiger partial charge is 0.119 e. The molecule has 0 aliphatic carbocycles. The Hall–Kier alpha value is -2.00. The number of methoxy groups -OCH3 is 1. The molecule has 1 saturated heterocycles. The number of phenols is 1. The molecule has 3 heteroatoms. The Morgan fingerprint density at radius 3 is 2.55 bits per heavy atom. The van der Waals surface area contributed by atoms with E-state index in [0.717, 1.165) is 29.0 Å². The molecule has 2 aromatic rings. The number of benzene rings is 2. The molecule has 0 unspecified atom stereocenters. The molecule has 3 rings (SSSR count). The van der Waals surface area contributed by atoms with Crippen LogP contribution in [-0.4, -0.2) is 30.2 Å². The molecule has 1 fully saturated rings. The Morgan fingerprint density at radius 1 is 1.09 bits per heavy atom. The number of nitrogens with zero attached hydrogens (tertiary/aromatic N) is 1. The summed E-state index contributed by atoms with van der Waals surface area (Å²) in [6.45, 7) is 5.37. The molecule has 1 aliphatic heterocycles. The van der Waals surface area contributed by atoms with Gasteiger partial charge in [-0.3, -0.25) is 4.90 Å². The summed E-state index contributed by atoms with van der Waals surface area (Å²) in [5.41, 5.74) is 4.63. The van der Waals surface area contributed by atoms with E-state index in [2.05, 4.69) is 23.1 Å². The van der Waals surface area contributed by atoms with Crippen molar-refractivity contribution in [2.24, 2.45) is 0 Å². The van der Waals surface area contributed by atoms with Gasteiger partial charge in [0.05, 0.1) is 7.11 Å². The molecular weight excluding hydrogens is 274 g/mol. The van der Waals surface area contributed by atoms with Crippen LogP contribution >= 0.6 is 0 Å². The molecule has 0 aromatic heterocycles. The molecule has 0 radical (unpaired) electrons. The zero-order valence-corrected chi connectivity index (χ0v) is 13.3. The van der Waals surface area contributed by atoms with Crippen molar-refractivity contribution < 1.29 is 9.84 Å². The van der Waals surface area contributed by atoms with Gasteiger partial charge in [0, 0.05) is 6.54 Å². The largest absolute Gasteiger partial charge is 0.508 e. The molecule has 0 atom stereocenters. The Balaban J connectivity index is 1.95. The molecule has 1 N–H and O–H groups in total. The van der Waals surface area contributed by atoms with Crippen molar-refractivity contribution in [3.63, 3.8) is 0 Å². The van der Waals surface area contributed by atoms with Gasteiger partial charge in [-0.05, 0) is 85.4 Å². The third-order valence-corrected chi connectivity index (χ3v) is 4.33. The fourth-order valence-electron chi connectivity index (χ4n) is 3.20. The Labute approximate surface area is 132 Å². The summed E-state index contributed by atoms with van der Waals surface area (Å²) >= 11 is 0. The number of aryl methyl sites for hydroxylation is 1. The predicted molar refractivity (Wildman–Crippen MR) is 89.3 cm³/mol. The second-order valence-electron chi connectivity index (χ2n) is 6.05. The van der Waals surface area contributed by atoms with E-state index in [4.69, 9.17) is 4.74 Å². The van der Waals surface area contributed by atoms with Crippen LogP contribution in [0.25, 0.3) is 11.1 Å². The maximum Gasteiger partial charge on any atom is 0.119 e. The normalized spacial score (nSPS) is 15.2. The van der Waals surface area contributed by atoms with Crippen molar-refractivity contribution in [3.8, 4) is 22.6 Å². The molecule has 0 saturated carbocycles. The van der Waals surface area contributed by atoms with Crippen LogP contribution in [0.2, 0.25) is 0 Å². The van der Waals surface area contributed by atoms with E-state index in [1.165, 1.54) is 31.5 Å². The molecule has 3 nitrogen and oxygen atoms in total. The molecule has 116 valence electrons. The first-order valence-electron chi connectivity index (χ1n) is 7.86. The highest BCUT2D eigenvalue weighted by atomic mass is 16.5. The minimum absolute atomic E-state index is 0.307. The summed E-state index contributed by atoms with van der Waals surface area (Å²) in [7, 11) is 1.71. The van der Waals surface area contributed by atoms with E-state index in [9.17, 15) is 5.11 Å². The Kier molecular flexibility index (Phi) is 4.34. The first kappa shape index (κ1) is 14.9. The third kappa shape index (κ3) is 3.25. The maximum absolute atomic E-state index is 9.60. The lowest BCUT2D eigenvalue weighted by Gasteiger charge is -2.17. The van der Waals surface area contributed by atoms with Crippen LogP contribution in [0.15, 0.2) is 36.4 Å². The lowest BCUT2D eigenvalue weighted by atomic mass is 9.98. The van der Waals surface area contributed by atoms with Crippen molar-refractivity contribution in [2.45, 2.75) is 26.3 Å². The van der Waals surface area contributed by atoms with Crippen LogP contribution in [0.5, 0.6) is 11.5 Å². The number of hydrogen-bond donors (Lipinski definition) is 1. The molecule has 1 aliphatic rings. The van der Waals surface area contributed by atoms with E-state index >= 15 is 0 Å². The van der Waals surface area contributed by atoms with E-state index in [0.29, 0.717) is 5.75 Å². The van der Waals surface area contributed by atoms with Crippen LogP contribution in [0.3, 0.4) is 0 Å². The third-order valence-electron chi connectivity index (χ3n) is 4.33. The zero-order valence-electron chi connectivity index (χ0n) is 13.3. The summed E-state index contributed by atoms with van der Waals surface area (Å²) in [6, 6.07) is 11.9. The zero-order chi connectivity index (χ0) is 15.5. The summed E-state index contributed by atoms with van der Waals surface area (Å²) < 4.78 is 5.48. The van der Waals surface area contributed by atoms with Crippen LogP contribution in [0.1, 0.15) is 24.0 Å². The van der Waals surface area contributed by atoms with Gasteiger partial charge in [-0.1, -0.05) is 6.07 Å². The quantitative estimate of drug-likeness (QED) is 0.927. The second-order valence-corrected chi connectivity index (χ2v) is 6.05. The summed E-state index contributed by atoms with van der Waals surface area (Å²) in [5.74, 6) is 1.20. The molecule has 0 amide bonds. The Morgan fingerprint density at radius 2 is 1.86 bits per heavy atom. The van der Waals surface area contributed by atoms with Gasteiger partial charge in [0.25, 0.3) is 0 Å². The monoisotopic (exact) mass is 297 g/mol. The molecule has 1 heterocycles. The van der Waals surface area contributed by atoms with Crippen molar-refractivity contribution in [1.29, 1.82) is 0 Å². The number of phenolic OH excluding ortho intramolecular Hbond substituents is 1. The van der Waals surface area contributed by atoms with Crippen molar-refractivity contribution in [3.05, 3.63) is 47.5 Å². The number of aromatic hydroxyl groups is 1. The first-order chi connectivity index (χ1) is 10.7. The van der Waals surface area contributed by atoms with Gasteiger partial charge >= 0.3 is 0 Å². The molecule has 22 heavy (non-hydrogen) atoms. The van der Waals surface area contributed by atoms with Gasteiger partial charge in [0.2, 0.25) is 0 Å². The van der Waals surface area contributed by atoms with Crippen LogP contribution in [-0.2, 0) is 6.54 Å². The fourth-order valence-corrected chi connectivity index (χ4v) is 3.20. The Bertz CT molecular complexity index is 660. The lowest BCUT2D eigenvalue weighted by molar-refractivity contribution is 0.330. The topological polar surface area (TPSA) is 32.7 Å². The van der Waals surface area contributed by atoms with Gasteiger partial charge in [0.15, 0.2) is 0 Å². The SMILES string of the molecule is COc1cc(CN2CCCC2)cc(-c2ccc(O)cc2C)c1. The molecular formula is C19H23NO2. The van der Waals surface area contributed by atoms with Crippen LogP contribution in [0.4, 0.5) is 0 Å². The minimum Gasteiger partial charge on any atom is -0.508 e. The maximum atomic E-state index is 9.60. The molecule has 2 aromatic carbocycles. The number of likely N-dealkylation sites (tertiary alicyclic amines) is 1.